The van der Waals surface area contributed by atoms with E-state index in [0.717, 1.165) is 37.9 Å². The third-order valence-electron chi connectivity index (χ3n) is 5.35. The molecule has 0 bridgehead atoms. The predicted molar refractivity (Wildman–Crippen MR) is 91.8 cm³/mol. The van der Waals surface area contributed by atoms with Gasteiger partial charge in [-0.2, -0.15) is 4.98 Å². The number of piperidine rings is 1. The Kier molecular flexibility index (Phi) is 4.58. The van der Waals surface area contributed by atoms with Crippen LogP contribution in [0, 0.1) is 6.92 Å². The molecular formula is C19H25N3O3. The molecule has 2 saturated heterocycles. The van der Waals surface area contributed by atoms with Crippen LogP contribution in [0.5, 0.6) is 0 Å². The Hall–Kier alpha value is -1.76. The van der Waals surface area contributed by atoms with Crippen molar-refractivity contribution in [3.63, 3.8) is 0 Å². The van der Waals surface area contributed by atoms with Gasteiger partial charge < -0.3 is 14.4 Å². The van der Waals surface area contributed by atoms with Gasteiger partial charge in [0.2, 0.25) is 5.89 Å². The molecule has 2 fully saturated rings. The molecule has 2 aliphatic rings. The van der Waals surface area contributed by atoms with E-state index in [1.54, 1.807) is 0 Å². The molecule has 0 radical (unpaired) electrons. The van der Waals surface area contributed by atoms with Crippen LogP contribution in [0.2, 0.25) is 0 Å². The van der Waals surface area contributed by atoms with E-state index in [-0.39, 0.29) is 17.8 Å². The first kappa shape index (κ1) is 16.7. The zero-order valence-electron chi connectivity index (χ0n) is 14.6. The number of benzene rings is 1. The van der Waals surface area contributed by atoms with Crippen LogP contribution in [0.1, 0.15) is 49.1 Å². The molecule has 1 aromatic carbocycles. The lowest BCUT2D eigenvalue weighted by Crippen LogP contribution is -2.50. The van der Waals surface area contributed by atoms with Crippen molar-refractivity contribution in [3.05, 3.63) is 47.6 Å². The maximum Gasteiger partial charge on any atom is 0.240 e. The summed E-state index contributed by atoms with van der Waals surface area (Å²) < 4.78 is 11.8. The van der Waals surface area contributed by atoms with Crippen molar-refractivity contribution >= 4 is 0 Å². The van der Waals surface area contributed by atoms with Crippen molar-refractivity contribution in [2.45, 2.75) is 57.0 Å². The minimum absolute atomic E-state index is 0.0184. The van der Waals surface area contributed by atoms with Gasteiger partial charge in [-0.3, -0.25) is 4.90 Å². The molecular weight excluding hydrogens is 318 g/mol. The summed E-state index contributed by atoms with van der Waals surface area (Å²) in [6.07, 6.45) is 2.92. The Labute approximate surface area is 147 Å². The van der Waals surface area contributed by atoms with Crippen molar-refractivity contribution in [3.8, 4) is 0 Å². The van der Waals surface area contributed by atoms with Gasteiger partial charge in [-0.1, -0.05) is 35.5 Å². The van der Waals surface area contributed by atoms with Crippen molar-refractivity contribution in [1.82, 2.24) is 15.0 Å². The lowest BCUT2D eigenvalue weighted by atomic mass is 9.81. The van der Waals surface area contributed by atoms with Gasteiger partial charge in [-0.15, -0.1) is 0 Å². The number of rotatable bonds is 3. The summed E-state index contributed by atoms with van der Waals surface area (Å²) >= 11 is 0. The molecule has 1 spiro atoms. The van der Waals surface area contributed by atoms with Crippen LogP contribution in [0.3, 0.4) is 0 Å². The summed E-state index contributed by atoms with van der Waals surface area (Å²) in [6, 6.07) is 10.2. The van der Waals surface area contributed by atoms with E-state index in [1.165, 1.54) is 0 Å². The van der Waals surface area contributed by atoms with Crippen molar-refractivity contribution in [1.29, 1.82) is 0 Å². The van der Waals surface area contributed by atoms with Crippen LogP contribution >= 0.6 is 0 Å². The van der Waals surface area contributed by atoms with Gasteiger partial charge >= 0.3 is 0 Å². The second kappa shape index (κ2) is 6.86. The lowest BCUT2D eigenvalue weighted by Gasteiger charge is -2.47. The van der Waals surface area contributed by atoms with Crippen LogP contribution < -0.4 is 0 Å². The highest BCUT2D eigenvalue weighted by atomic mass is 16.5. The van der Waals surface area contributed by atoms with Gasteiger partial charge in [-0.25, -0.2) is 0 Å². The predicted octanol–water partition coefficient (Wildman–Crippen LogP) is 2.63. The Morgan fingerprint density at radius 3 is 2.68 bits per heavy atom. The zero-order chi connectivity index (χ0) is 17.3. The van der Waals surface area contributed by atoms with Crippen molar-refractivity contribution < 1.29 is 14.4 Å². The first-order valence-electron chi connectivity index (χ1n) is 9.04. The van der Waals surface area contributed by atoms with Gasteiger partial charge in [0.05, 0.1) is 24.4 Å². The number of aliphatic hydroxyl groups is 1. The molecule has 3 heterocycles. The summed E-state index contributed by atoms with van der Waals surface area (Å²) in [5, 5.41) is 14.3. The standard InChI is InChI=1S/C19H25N3O3/c1-14-20-18(25-21-14)13-22-9-7-19(8-10-22)12-16(23)11-17(24-19)15-5-3-2-4-6-15/h2-6,16-17,23H,7-13H2,1H3/t16-,17-/m1/s1. The number of nitrogens with zero attached hydrogens (tertiary/aromatic N) is 3. The number of hydrogen-bond donors (Lipinski definition) is 1. The van der Waals surface area contributed by atoms with E-state index < -0.39 is 0 Å². The second-order valence-electron chi connectivity index (χ2n) is 7.31. The molecule has 2 atom stereocenters. The van der Waals surface area contributed by atoms with E-state index >= 15 is 0 Å². The fourth-order valence-electron chi connectivity index (χ4n) is 4.07. The highest BCUT2D eigenvalue weighted by molar-refractivity contribution is 5.19. The first-order valence-corrected chi connectivity index (χ1v) is 9.04. The smallest absolute Gasteiger partial charge is 0.240 e. The molecule has 0 saturated carbocycles. The van der Waals surface area contributed by atoms with Gasteiger partial charge in [0, 0.05) is 25.9 Å². The molecule has 6 nitrogen and oxygen atoms in total. The Morgan fingerprint density at radius 1 is 1.24 bits per heavy atom. The number of aromatic nitrogens is 2. The van der Waals surface area contributed by atoms with Crippen molar-refractivity contribution in [2.75, 3.05) is 13.1 Å². The molecule has 4 rings (SSSR count). The first-order chi connectivity index (χ1) is 12.1. The highest BCUT2D eigenvalue weighted by Gasteiger charge is 2.43. The van der Waals surface area contributed by atoms with E-state index in [4.69, 9.17) is 9.26 Å². The van der Waals surface area contributed by atoms with Crippen LogP contribution in [0.25, 0.3) is 0 Å². The quantitative estimate of drug-likeness (QED) is 0.924. The van der Waals surface area contributed by atoms with Gasteiger partial charge in [0.15, 0.2) is 5.82 Å². The number of aryl methyl sites for hydroxylation is 1. The molecule has 0 unspecified atom stereocenters. The normalized spacial score (nSPS) is 26.8. The SMILES string of the molecule is Cc1noc(CN2CCC3(CC2)C[C@H](O)C[C@H](c2ccccc2)O3)n1. The van der Waals surface area contributed by atoms with Crippen LogP contribution in [0.15, 0.2) is 34.9 Å². The number of likely N-dealkylation sites (tertiary alicyclic amines) is 1. The van der Waals surface area contributed by atoms with E-state index in [2.05, 4.69) is 27.2 Å². The number of aliphatic hydroxyl groups excluding tert-OH is 1. The average molecular weight is 343 g/mol. The third-order valence-corrected chi connectivity index (χ3v) is 5.35. The molecule has 0 aliphatic carbocycles. The topological polar surface area (TPSA) is 71.6 Å². The van der Waals surface area contributed by atoms with Gasteiger partial charge in [0.25, 0.3) is 0 Å². The van der Waals surface area contributed by atoms with Crippen LogP contribution in [0.4, 0.5) is 0 Å². The van der Waals surface area contributed by atoms with E-state index in [9.17, 15) is 5.11 Å². The largest absolute Gasteiger partial charge is 0.393 e. The van der Waals surface area contributed by atoms with Crippen LogP contribution in [-0.4, -0.2) is 44.9 Å². The lowest BCUT2D eigenvalue weighted by molar-refractivity contribution is -0.185. The molecule has 1 N–H and O–H groups in total. The molecule has 134 valence electrons. The van der Waals surface area contributed by atoms with E-state index in [0.29, 0.717) is 24.7 Å². The van der Waals surface area contributed by atoms with Gasteiger partial charge in [0.1, 0.15) is 0 Å². The maximum absolute atomic E-state index is 10.4. The highest BCUT2D eigenvalue weighted by Crippen LogP contribution is 2.43. The Bertz CT molecular complexity index is 695. The number of hydrogen-bond acceptors (Lipinski definition) is 6. The summed E-state index contributed by atoms with van der Waals surface area (Å²) in [7, 11) is 0. The van der Waals surface area contributed by atoms with Gasteiger partial charge in [-0.05, 0) is 25.3 Å². The molecule has 2 aliphatic heterocycles. The van der Waals surface area contributed by atoms with Crippen LogP contribution in [-0.2, 0) is 11.3 Å². The minimum atomic E-state index is -0.302. The fourth-order valence-corrected chi connectivity index (χ4v) is 4.07. The maximum atomic E-state index is 10.4. The zero-order valence-corrected chi connectivity index (χ0v) is 14.6. The Morgan fingerprint density at radius 2 is 2.00 bits per heavy atom. The fraction of sp³-hybridized carbons (Fsp3) is 0.579. The monoisotopic (exact) mass is 343 g/mol. The van der Waals surface area contributed by atoms with E-state index in [1.807, 2.05) is 25.1 Å². The summed E-state index contributed by atoms with van der Waals surface area (Å²) in [4.78, 5) is 6.60. The number of ether oxygens (including phenoxy) is 1. The molecule has 25 heavy (non-hydrogen) atoms. The molecule has 0 amide bonds. The third kappa shape index (κ3) is 3.76. The molecule has 2 aromatic rings. The molecule has 1 aromatic heterocycles. The minimum Gasteiger partial charge on any atom is -0.393 e. The Balaban J connectivity index is 1.40. The summed E-state index contributed by atoms with van der Waals surface area (Å²) in [5.41, 5.74) is 0.934. The molecule has 6 heteroatoms. The van der Waals surface area contributed by atoms with Crippen molar-refractivity contribution in [2.24, 2.45) is 0 Å². The summed E-state index contributed by atoms with van der Waals surface area (Å²) in [5.74, 6) is 1.34. The second-order valence-corrected chi connectivity index (χ2v) is 7.31. The summed E-state index contributed by atoms with van der Waals surface area (Å²) in [6.45, 7) is 4.34. The average Bonchev–Trinajstić information content (AvgIpc) is 3.02.